The molecule has 3 heteroatoms. The molecule has 0 spiro atoms. The lowest BCUT2D eigenvalue weighted by Gasteiger charge is -2.37. The van der Waals surface area contributed by atoms with E-state index < -0.39 is 6.10 Å². The molecule has 1 fully saturated rings. The summed E-state index contributed by atoms with van der Waals surface area (Å²) < 4.78 is 6.16. The summed E-state index contributed by atoms with van der Waals surface area (Å²) in [7, 11) is 0. The maximum absolute atomic E-state index is 10.3. The van der Waals surface area contributed by atoms with Crippen molar-refractivity contribution in [1.29, 1.82) is 0 Å². The van der Waals surface area contributed by atoms with Crippen molar-refractivity contribution in [3.63, 3.8) is 0 Å². The molecule has 3 nitrogen and oxygen atoms in total. The summed E-state index contributed by atoms with van der Waals surface area (Å²) in [5.41, 5.74) is 1.30. The number of rotatable bonds is 8. The van der Waals surface area contributed by atoms with Crippen molar-refractivity contribution in [2.45, 2.75) is 65.2 Å². The molecule has 0 saturated heterocycles. The number of hydrogen-bond donors (Lipinski definition) is 2. The van der Waals surface area contributed by atoms with Crippen LogP contribution < -0.4 is 5.32 Å². The molecule has 0 aromatic heterocycles. The highest BCUT2D eigenvalue weighted by Gasteiger charge is 2.31. The molecule has 2 rings (SSSR count). The Morgan fingerprint density at radius 1 is 1.17 bits per heavy atom. The molecule has 1 aromatic carbocycles. The minimum absolute atomic E-state index is 0.315. The summed E-state index contributed by atoms with van der Waals surface area (Å²) >= 11 is 0. The number of quaternary nitrogens is 1. The Morgan fingerprint density at radius 3 is 2.54 bits per heavy atom. The SMILES string of the molecule is CC(C)[C@@H]1CC[C@@H](C)C[C@H]1OC[C@H](O)C[NH2+][C@@H](C)c1ccccc1. The number of hydrogen-bond acceptors (Lipinski definition) is 2. The van der Waals surface area contributed by atoms with Crippen LogP contribution in [0, 0.1) is 17.8 Å². The topological polar surface area (TPSA) is 46.1 Å². The van der Waals surface area contributed by atoms with Gasteiger partial charge in [-0.1, -0.05) is 57.5 Å². The Labute approximate surface area is 147 Å². The lowest BCUT2D eigenvalue weighted by molar-refractivity contribution is -0.698. The molecule has 136 valence electrons. The van der Waals surface area contributed by atoms with Gasteiger partial charge in [-0.2, -0.15) is 0 Å². The largest absolute Gasteiger partial charge is 0.385 e. The molecular weight excluding hydrogens is 298 g/mol. The van der Waals surface area contributed by atoms with Gasteiger partial charge in [-0.15, -0.1) is 0 Å². The summed E-state index contributed by atoms with van der Waals surface area (Å²) in [6.07, 6.45) is 3.63. The maximum atomic E-state index is 10.3. The fourth-order valence-electron chi connectivity index (χ4n) is 3.86. The third-order valence-electron chi connectivity index (χ3n) is 5.55. The van der Waals surface area contributed by atoms with Gasteiger partial charge in [0.1, 0.15) is 18.7 Å². The summed E-state index contributed by atoms with van der Waals surface area (Å²) in [4.78, 5) is 0. The molecule has 0 aliphatic heterocycles. The zero-order chi connectivity index (χ0) is 17.5. The van der Waals surface area contributed by atoms with E-state index in [1.807, 2.05) is 6.07 Å². The molecule has 0 heterocycles. The number of ether oxygens (including phenoxy) is 1. The molecule has 1 saturated carbocycles. The first-order valence-electron chi connectivity index (χ1n) is 9.65. The first kappa shape index (κ1) is 19.4. The molecule has 0 amide bonds. The van der Waals surface area contributed by atoms with Crippen LogP contribution in [0.4, 0.5) is 0 Å². The summed E-state index contributed by atoms with van der Waals surface area (Å²) in [5.74, 6) is 2.04. The predicted molar refractivity (Wildman–Crippen MR) is 98.7 cm³/mol. The van der Waals surface area contributed by atoms with E-state index in [-0.39, 0.29) is 0 Å². The number of nitrogens with two attached hydrogens (primary N) is 1. The molecule has 0 bridgehead atoms. The van der Waals surface area contributed by atoms with E-state index in [0.717, 1.165) is 12.3 Å². The van der Waals surface area contributed by atoms with Crippen molar-refractivity contribution < 1.29 is 15.2 Å². The van der Waals surface area contributed by atoms with E-state index in [9.17, 15) is 5.11 Å². The molecule has 24 heavy (non-hydrogen) atoms. The normalized spacial score (nSPS) is 27.2. The van der Waals surface area contributed by atoms with Gasteiger partial charge in [-0.3, -0.25) is 0 Å². The van der Waals surface area contributed by atoms with Crippen molar-refractivity contribution in [1.82, 2.24) is 0 Å². The number of aliphatic hydroxyl groups is 1. The fraction of sp³-hybridized carbons (Fsp3) is 0.714. The van der Waals surface area contributed by atoms with Gasteiger partial charge in [0, 0.05) is 5.56 Å². The second-order valence-corrected chi connectivity index (χ2v) is 8.02. The number of aliphatic hydroxyl groups excluding tert-OH is 1. The quantitative estimate of drug-likeness (QED) is 0.767. The highest BCUT2D eigenvalue weighted by atomic mass is 16.5. The lowest BCUT2D eigenvalue weighted by atomic mass is 9.75. The fourth-order valence-corrected chi connectivity index (χ4v) is 3.86. The average molecular weight is 335 g/mol. The molecule has 0 unspecified atom stereocenters. The van der Waals surface area contributed by atoms with Crippen molar-refractivity contribution in [2.24, 2.45) is 17.8 Å². The molecule has 3 N–H and O–H groups in total. The van der Waals surface area contributed by atoms with Crippen LogP contribution in [0.1, 0.15) is 58.6 Å². The zero-order valence-corrected chi connectivity index (χ0v) is 15.8. The van der Waals surface area contributed by atoms with Gasteiger partial charge in [0.25, 0.3) is 0 Å². The van der Waals surface area contributed by atoms with E-state index >= 15 is 0 Å². The Morgan fingerprint density at radius 2 is 1.88 bits per heavy atom. The van der Waals surface area contributed by atoms with Gasteiger partial charge in [-0.05, 0) is 37.5 Å². The van der Waals surface area contributed by atoms with Crippen LogP contribution in [0.25, 0.3) is 0 Å². The van der Waals surface area contributed by atoms with E-state index in [4.69, 9.17) is 4.74 Å². The maximum Gasteiger partial charge on any atom is 0.126 e. The van der Waals surface area contributed by atoms with Crippen molar-refractivity contribution in [3.05, 3.63) is 35.9 Å². The number of benzene rings is 1. The van der Waals surface area contributed by atoms with E-state index in [2.05, 4.69) is 57.3 Å². The smallest absolute Gasteiger partial charge is 0.126 e. The molecule has 0 radical (unpaired) electrons. The zero-order valence-electron chi connectivity index (χ0n) is 15.8. The predicted octanol–water partition coefficient (Wildman–Crippen LogP) is 3.15. The lowest BCUT2D eigenvalue weighted by Crippen LogP contribution is -2.87. The molecule has 1 aliphatic rings. The van der Waals surface area contributed by atoms with Crippen molar-refractivity contribution in [2.75, 3.05) is 13.2 Å². The monoisotopic (exact) mass is 334 g/mol. The standard InChI is InChI=1S/C21H35NO2/c1-15(2)20-11-10-16(3)12-21(20)24-14-19(23)13-22-17(4)18-8-6-5-7-9-18/h5-9,15-17,19-23H,10-14H2,1-4H3/p+1/t16-,17+,19-,20+,21-/m1/s1. The average Bonchev–Trinajstić information content (AvgIpc) is 2.58. The Hall–Kier alpha value is -0.900. The first-order chi connectivity index (χ1) is 11.5. The first-order valence-corrected chi connectivity index (χ1v) is 9.65. The van der Waals surface area contributed by atoms with Crippen LogP contribution in [0.5, 0.6) is 0 Å². The highest BCUT2D eigenvalue weighted by molar-refractivity contribution is 5.16. The van der Waals surface area contributed by atoms with Crippen LogP contribution in [0.2, 0.25) is 0 Å². The summed E-state index contributed by atoms with van der Waals surface area (Å²) in [6.45, 7) is 10.2. The van der Waals surface area contributed by atoms with E-state index in [0.29, 0.717) is 37.1 Å². The highest BCUT2D eigenvalue weighted by Crippen LogP contribution is 2.35. The van der Waals surface area contributed by atoms with Gasteiger partial charge < -0.3 is 15.2 Å². The molecule has 1 aromatic rings. The van der Waals surface area contributed by atoms with Crippen LogP contribution in [-0.2, 0) is 4.74 Å². The van der Waals surface area contributed by atoms with Crippen LogP contribution in [0.3, 0.4) is 0 Å². The van der Waals surface area contributed by atoms with E-state index in [1.165, 1.54) is 18.4 Å². The Bertz CT molecular complexity index is 462. The Kier molecular flexibility index (Phi) is 7.73. The summed E-state index contributed by atoms with van der Waals surface area (Å²) in [6, 6.07) is 10.8. The molecule has 5 atom stereocenters. The second-order valence-electron chi connectivity index (χ2n) is 8.02. The van der Waals surface area contributed by atoms with Gasteiger partial charge in [0.2, 0.25) is 0 Å². The minimum atomic E-state index is -0.402. The van der Waals surface area contributed by atoms with Crippen LogP contribution >= 0.6 is 0 Å². The molecular formula is C21H36NO2+. The van der Waals surface area contributed by atoms with Crippen molar-refractivity contribution >= 4 is 0 Å². The van der Waals surface area contributed by atoms with E-state index in [1.54, 1.807) is 0 Å². The van der Waals surface area contributed by atoms with Crippen molar-refractivity contribution in [3.8, 4) is 0 Å². The third-order valence-corrected chi connectivity index (χ3v) is 5.55. The van der Waals surface area contributed by atoms with Crippen LogP contribution in [0.15, 0.2) is 30.3 Å². The van der Waals surface area contributed by atoms with Gasteiger partial charge >= 0.3 is 0 Å². The molecule has 1 aliphatic carbocycles. The summed E-state index contributed by atoms with van der Waals surface area (Å²) in [5, 5.41) is 12.5. The van der Waals surface area contributed by atoms with Gasteiger partial charge in [0.05, 0.1) is 12.7 Å². The van der Waals surface area contributed by atoms with Crippen LogP contribution in [-0.4, -0.2) is 30.5 Å². The van der Waals surface area contributed by atoms with Gasteiger partial charge in [-0.25, -0.2) is 0 Å². The minimum Gasteiger partial charge on any atom is -0.385 e. The van der Waals surface area contributed by atoms with Gasteiger partial charge in [0.15, 0.2) is 0 Å². The second kappa shape index (κ2) is 9.55. The Balaban J connectivity index is 1.74. The third kappa shape index (κ3) is 5.87.